The van der Waals surface area contributed by atoms with Crippen molar-refractivity contribution in [3.05, 3.63) is 30.1 Å². The number of pyridine rings is 1. The van der Waals surface area contributed by atoms with Gasteiger partial charge >= 0.3 is 0 Å². The normalized spacial score (nSPS) is 17.6. The van der Waals surface area contributed by atoms with Gasteiger partial charge in [0.15, 0.2) is 5.78 Å². The van der Waals surface area contributed by atoms with E-state index in [0.29, 0.717) is 36.6 Å². The van der Waals surface area contributed by atoms with Crippen LogP contribution in [0.3, 0.4) is 0 Å². The summed E-state index contributed by atoms with van der Waals surface area (Å²) in [6, 6.07) is 4.84. The maximum atomic E-state index is 13.0. The molecule has 1 saturated heterocycles. The predicted octanol–water partition coefficient (Wildman–Crippen LogP) is 1.34. The summed E-state index contributed by atoms with van der Waals surface area (Å²) in [5.41, 5.74) is 3.66. The number of nitrogens with one attached hydrogen (secondary N) is 1. The summed E-state index contributed by atoms with van der Waals surface area (Å²) in [5, 5.41) is 11.4. The molecule has 2 rings (SSSR count). The Morgan fingerprint density at radius 3 is 2.93 bits per heavy atom. The fourth-order valence-corrected chi connectivity index (χ4v) is 3.30. The molecule has 2 heterocycles. The lowest BCUT2D eigenvalue weighted by Crippen LogP contribution is -2.50. The highest BCUT2D eigenvalue weighted by Gasteiger charge is 2.37. The average molecular weight is 376 g/mol. The van der Waals surface area contributed by atoms with Crippen molar-refractivity contribution in [1.82, 2.24) is 20.5 Å². The molecule has 0 bridgehead atoms. The van der Waals surface area contributed by atoms with Crippen molar-refractivity contribution in [1.29, 1.82) is 0 Å². The minimum atomic E-state index is -0.559. The molecule has 0 aliphatic carbocycles. The van der Waals surface area contributed by atoms with Gasteiger partial charge < -0.3 is 0 Å². The average Bonchev–Trinajstić information content (AvgIpc) is 3.17. The van der Waals surface area contributed by atoms with Gasteiger partial charge in [0.25, 0.3) is 0 Å². The van der Waals surface area contributed by atoms with E-state index in [1.165, 1.54) is 5.01 Å². The maximum Gasteiger partial charge on any atom is 0.242 e. The van der Waals surface area contributed by atoms with Gasteiger partial charge in [-0.2, -0.15) is 0 Å². The van der Waals surface area contributed by atoms with Gasteiger partial charge in [0.05, 0.1) is 18.9 Å². The Hall–Kier alpha value is -2.32. The summed E-state index contributed by atoms with van der Waals surface area (Å²) in [7, 11) is 0. The molecular formula is C19H28N4O4. The first-order valence-electron chi connectivity index (χ1n) is 9.46. The third-order valence-electron chi connectivity index (χ3n) is 4.74. The summed E-state index contributed by atoms with van der Waals surface area (Å²) >= 11 is 0. The molecule has 0 saturated carbocycles. The molecule has 2 atom stereocenters. The van der Waals surface area contributed by atoms with Crippen molar-refractivity contribution < 1.29 is 19.6 Å². The fraction of sp³-hybridized carbons (Fsp3) is 0.579. The zero-order chi connectivity index (χ0) is 19.6. The van der Waals surface area contributed by atoms with Crippen molar-refractivity contribution in [3.8, 4) is 0 Å². The lowest BCUT2D eigenvalue weighted by molar-refractivity contribution is -0.159. The quantitative estimate of drug-likeness (QED) is 0.261. The van der Waals surface area contributed by atoms with Gasteiger partial charge in [-0.3, -0.25) is 29.6 Å². The van der Waals surface area contributed by atoms with Crippen LogP contribution in [-0.2, 0) is 20.8 Å². The first-order valence-corrected chi connectivity index (χ1v) is 9.46. The molecule has 27 heavy (non-hydrogen) atoms. The summed E-state index contributed by atoms with van der Waals surface area (Å²) in [5.74, 6) is -0.887. The molecule has 1 aliphatic heterocycles. The van der Waals surface area contributed by atoms with Crippen LogP contribution in [-0.4, -0.2) is 57.5 Å². The van der Waals surface area contributed by atoms with Crippen LogP contribution < -0.4 is 5.43 Å². The van der Waals surface area contributed by atoms with Gasteiger partial charge in [0, 0.05) is 18.4 Å². The Kier molecular flexibility index (Phi) is 8.35. The molecule has 0 aromatic carbocycles. The fourth-order valence-electron chi connectivity index (χ4n) is 3.30. The van der Waals surface area contributed by atoms with Crippen LogP contribution in [0, 0.1) is 5.92 Å². The zero-order valence-corrected chi connectivity index (χ0v) is 15.7. The van der Waals surface area contributed by atoms with Crippen molar-refractivity contribution in [2.75, 3.05) is 13.1 Å². The second kappa shape index (κ2) is 10.7. The first kappa shape index (κ1) is 21.0. The molecule has 148 valence electrons. The van der Waals surface area contributed by atoms with Gasteiger partial charge in [-0.05, 0) is 25.0 Å². The SMILES string of the molecule is CCCCC[C@H](CN(O)C=O)C(=O)N1NCC[C@H]1C(=O)Cc1ccccn1. The number of carbonyl (C=O) groups is 3. The van der Waals surface area contributed by atoms with Crippen molar-refractivity contribution in [2.45, 2.75) is 51.5 Å². The zero-order valence-electron chi connectivity index (χ0n) is 15.7. The third-order valence-corrected chi connectivity index (χ3v) is 4.74. The molecular weight excluding hydrogens is 348 g/mol. The van der Waals surface area contributed by atoms with Crippen LogP contribution >= 0.6 is 0 Å². The minimum Gasteiger partial charge on any atom is -0.297 e. The second-order valence-electron chi connectivity index (χ2n) is 6.81. The number of amides is 2. The van der Waals surface area contributed by atoms with Crippen LogP contribution in [0.1, 0.15) is 44.7 Å². The number of unbranched alkanes of at least 4 members (excludes halogenated alkanes) is 2. The molecule has 0 radical (unpaired) electrons. The van der Waals surface area contributed by atoms with E-state index in [0.717, 1.165) is 19.3 Å². The summed E-state index contributed by atoms with van der Waals surface area (Å²) in [6.07, 6.45) is 5.97. The summed E-state index contributed by atoms with van der Waals surface area (Å²) < 4.78 is 0. The Balaban J connectivity index is 2.05. The van der Waals surface area contributed by atoms with E-state index in [1.54, 1.807) is 18.3 Å². The van der Waals surface area contributed by atoms with Gasteiger partial charge in [0.1, 0.15) is 6.04 Å². The van der Waals surface area contributed by atoms with Gasteiger partial charge in [-0.1, -0.05) is 32.3 Å². The molecule has 0 unspecified atom stereocenters. The first-order chi connectivity index (χ1) is 13.1. The minimum absolute atomic E-state index is 0.0735. The molecule has 8 heteroatoms. The molecule has 1 aromatic rings. The highest BCUT2D eigenvalue weighted by Crippen LogP contribution is 2.20. The molecule has 0 spiro atoms. The lowest BCUT2D eigenvalue weighted by Gasteiger charge is -2.28. The molecule has 8 nitrogen and oxygen atoms in total. The monoisotopic (exact) mass is 376 g/mol. The number of hydrazine groups is 1. The summed E-state index contributed by atoms with van der Waals surface area (Å²) in [4.78, 5) is 40.6. The van der Waals surface area contributed by atoms with E-state index in [-0.39, 0.29) is 24.7 Å². The number of aromatic nitrogens is 1. The number of hydroxylamine groups is 2. The Labute approximate surface area is 159 Å². The van der Waals surface area contributed by atoms with Crippen LogP contribution in [0.4, 0.5) is 0 Å². The highest BCUT2D eigenvalue weighted by atomic mass is 16.5. The molecule has 1 aliphatic rings. The number of rotatable bonds is 11. The number of carbonyl (C=O) groups excluding carboxylic acids is 3. The Morgan fingerprint density at radius 1 is 1.44 bits per heavy atom. The van der Waals surface area contributed by atoms with E-state index in [9.17, 15) is 19.6 Å². The van der Waals surface area contributed by atoms with E-state index in [4.69, 9.17) is 0 Å². The molecule has 1 aromatic heterocycles. The molecule has 2 amide bonds. The topological polar surface area (TPSA) is 103 Å². The van der Waals surface area contributed by atoms with Crippen molar-refractivity contribution in [2.24, 2.45) is 5.92 Å². The molecule has 1 fully saturated rings. The van der Waals surface area contributed by atoms with Crippen molar-refractivity contribution in [3.63, 3.8) is 0 Å². The molecule has 2 N–H and O–H groups in total. The van der Waals surface area contributed by atoms with Crippen LogP contribution in [0.15, 0.2) is 24.4 Å². The van der Waals surface area contributed by atoms with Crippen LogP contribution in [0.25, 0.3) is 0 Å². The van der Waals surface area contributed by atoms with Crippen LogP contribution in [0.5, 0.6) is 0 Å². The Bertz CT molecular complexity index is 625. The van der Waals surface area contributed by atoms with E-state index < -0.39 is 12.0 Å². The van der Waals surface area contributed by atoms with Crippen molar-refractivity contribution >= 4 is 18.1 Å². The number of hydrogen-bond acceptors (Lipinski definition) is 6. The number of ketones is 1. The van der Waals surface area contributed by atoms with Crippen LogP contribution in [0.2, 0.25) is 0 Å². The van der Waals surface area contributed by atoms with E-state index in [2.05, 4.69) is 17.3 Å². The third kappa shape index (κ3) is 6.11. The van der Waals surface area contributed by atoms with E-state index in [1.807, 2.05) is 6.07 Å². The predicted molar refractivity (Wildman–Crippen MR) is 98.4 cm³/mol. The largest absolute Gasteiger partial charge is 0.297 e. The second-order valence-corrected chi connectivity index (χ2v) is 6.81. The number of Topliss-reactive ketones (excluding diaryl/α,β-unsaturated/α-hetero) is 1. The smallest absolute Gasteiger partial charge is 0.242 e. The van der Waals surface area contributed by atoms with E-state index >= 15 is 0 Å². The van der Waals surface area contributed by atoms with Gasteiger partial charge in [-0.25, -0.2) is 10.5 Å². The standard InChI is InChI=1S/C19H28N4O4/c1-2-3-4-7-15(13-22(27)14-24)19(26)23-17(9-11-21-23)18(25)12-16-8-5-6-10-20-16/h5-6,8,10,14-15,17,21,27H,2-4,7,9,11-13H2,1H3/t15-,17+/m1/s1. The highest BCUT2D eigenvalue weighted by molar-refractivity contribution is 5.91. The number of nitrogens with zero attached hydrogens (tertiary/aromatic N) is 3. The number of hydrogen-bond donors (Lipinski definition) is 2. The summed E-state index contributed by atoms with van der Waals surface area (Å²) in [6.45, 7) is 2.52. The maximum absolute atomic E-state index is 13.0. The lowest BCUT2D eigenvalue weighted by atomic mass is 9.98. The Morgan fingerprint density at radius 2 is 2.26 bits per heavy atom. The van der Waals surface area contributed by atoms with Gasteiger partial charge in [-0.15, -0.1) is 0 Å². The van der Waals surface area contributed by atoms with Gasteiger partial charge in [0.2, 0.25) is 12.3 Å².